The van der Waals surface area contributed by atoms with Gasteiger partial charge in [-0.15, -0.1) is 0 Å². The Kier molecular flexibility index (Phi) is 6.46. The third-order valence-corrected chi connectivity index (χ3v) is 3.85. The Morgan fingerprint density at radius 2 is 2.05 bits per heavy atom. The average Bonchev–Trinajstić information content (AvgIpc) is 2.71. The van der Waals surface area contributed by atoms with Gasteiger partial charge >= 0.3 is 5.97 Å². The van der Waals surface area contributed by atoms with E-state index in [0.29, 0.717) is 6.42 Å². The highest BCUT2D eigenvalue weighted by Gasteiger charge is 2.40. The highest BCUT2D eigenvalue weighted by Crippen LogP contribution is 2.28. The Labute approximate surface area is 123 Å². The fourth-order valence-electron chi connectivity index (χ4n) is 2.72. The number of rotatable bonds is 6. The summed E-state index contributed by atoms with van der Waals surface area (Å²) in [5.74, 6) is 0.0336. The molecule has 1 heterocycles. The Morgan fingerprint density at radius 1 is 1.40 bits per heavy atom. The molecule has 1 aliphatic heterocycles. The summed E-state index contributed by atoms with van der Waals surface area (Å²) in [6.45, 7) is 11.4. The minimum atomic E-state index is -0.449. The first kappa shape index (κ1) is 17.4. The van der Waals surface area contributed by atoms with Crippen LogP contribution in [0.4, 0.5) is 0 Å². The lowest BCUT2D eigenvalue weighted by Crippen LogP contribution is -2.40. The summed E-state index contributed by atoms with van der Waals surface area (Å²) >= 11 is 0. The summed E-state index contributed by atoms with van der Waals surface area (Å²) in [5, 5.41) is 9.79. The van der Waals surface area contributed by atoms with Crippen molar-refractivity contribution in [1.82, 2.24) is 4.90 Å². The molecular formula is C16H31NO3. The van der Waals surface area contributed by atoms with Crippen LogP contribution in [0.3, 0.4) is 0 Å². The van der Waals surface area contributed by atoms with E-state index in [1.165, 1.54) is 12.8 Å². The quantitative estimate of drug-likeness (QED) is 0.602. The molecule has 0 aromatic rings. The van der Waals surface area contributed by atoms with Crippen LogP contribution in [0.1, 0.15) is 60.3 Å². The molecule has 1 rings (SSSR count). The van der Waals surface area contributed by atoms with Crippen molar-refractivity contribution >= 4 is 5.97 Å². The molecule has 0 amide bonds. The van der Waals surface area contributed by atoms with E-state index in [0.717, 1.165) is 19.5 Å². The molecule has 1 N–H and O–H groups in total. The topological polar surface area (TPSA) is 49.8 Å². The molecule has 4 nitrogen and oxygen atoms in total. The van der Waals surface area contributed by atoms with Crippen LogP contribution in [0.15, 0.2) is 0 Å². The molecule has 1 fully saturated rings. The predicted molar refractivity (Wildman–Crippen MR) is 80.5 cm³/mol. The van der Waals surface area contributed by atoms with Crippen molar-refractivity contribution in [3.8, 4) is 0 Å². The Balaban J connectivity index is 2.65. The summed E-state index contributed by atoms with van der Waals surface area (Å²) in [5.41, 5.74) is -0.449. The number of esters is 1. The number of carbonyl (C=O) groups excluding carboxylic acids is 1. The molecule has 0 aliphatic carbocycles. The van der Waals surface area contributed by atoms with Gasteiger partial charge in [0.25, 0.3) is 0 Å². The normalized spacial score (nSPS) is 25.7. The zero-order valence-corrected chi connectivity index (χ0v) is 13.7. The molecule has 20 heavy (non-hydrogen) atoms. The van der Waals surface area contributed by atoms with Crippen molar-refractivity contribution in [3.05, 3.63) is 0 Å². The van der Waals surface area contributed by atoms with Crippen LogP contribution >= 0.6 is 0 Å². The molecule has 0 saturated carbocycles. The van der Waals surface area contributed by atoms with Crippen LogP contribution in [0, 0.1) is 5.92 Å². The van der Waals surface area contributed by atoms with Gasteiger partial charge in [-0.3, -0.25) is 9.69 Å². The first-order valence-electron chi connectivity index (χ1n) is 7.89. The van der Waals surface area contributed by atoms with Gasteiger partial charge in [0.15, 0.2) is 0 Å². The van der Waals surface area contributed by atoms with Gasteiger partial charge in [-0.05, 0) is 53.0 Å². The van der Waals surface area contributed by atoms with Gasteiger partial charge in [-0.2, -0.15) is 0 Å². The number of hydrogen-bond donors (Lipinski definition) is 1. The molecule has 3 atom stereocenters. The first-order chi connectivity index (χ1) is 9.24. The van der Waals surface area contributed by atoms with Crippen LogP contribution < -0.4 is 0 Å². The molecule has 3 unspecified atom stereocenters. The molecule has 0 aromatic heterocycles. The molecule has 0 aromatic carbocycles. The van der Waals surface area contributed by atoms with Crippen molar-refractivity contribution in [3.63, 3.8) is 0 Å². The number of carbonyl (C=O) groups is 1. The lowest BCUT2D eigenvalue weighted by Gasteiger charge is -2.27. The van der Waals surface area contributed by atoms with Crippen LogP contribution in [-0.2, 0) is 9.53 Å². The number of ether oxygens (including phenoxy) is 1. The molecule has 1 aliphatic rings. The van der Waals surface area contributed by atoms with Crippen LogP contribution in [0.2, 0.25) is 0 Å². The zero-order chi connectivity index (χ0) is 15.3. The fourth-order valence-corrected chi connectivity index (χ4v) is 2.72. The zero-order valence-electron chi connectivity index (χ0n) is 13.7. The number of aliphatic hydroxyl groups is 1. The third-order valence-electron chi connectivity index (χ3n) is 3.85. The van der Waals surface area contributed by atoms with Crippen molar-refractivity contribution < 1.29 is 14.6 Å². The van der Waals surface area contributed by atoms with Crippen molar-refractivity contribution in [2.24, 2.45) is 5.92 Å². The van der Waals surface area contributed by atoms with Gasteiger partial charge < -0.3 is 9.84 Å². The third kappa shape index (κ3) is 5.41. The first-order valence-corrected chi connectivity index (χ1v) is 7.89. The molecular weight excluding hydrogens is 254 g/mol. The standard InChI is InChI=1S/C16H31NO3/c1-6-7-8-9-17-11-13(12(2)18)10-14(17)15(19)20-16(3,4)5/h12-14,18H,6-11H2,1-5H3. The molecule has 118 valence electrons. The smallest absolute Gasteiger partial charge is 0.323 e. The van der Waals surface area contributed by atoms with Crippen molar-refractivity contribution in [2.75, 3.05) is 13.1 Å². The van der Waals surface area contributed by atoms with E-state index >= 15 is 0 Å². The summed E-state index contributed by atoms with van der Waals surface area (Å²) in [4.78, 5) is 14.5. The van der Waals surface area contributed by atoms with E-state index in [4.69, 9.17) is 4.74 Å². The SMILES string of the molecule is CCCCCN1CC(C(C)O)CC1C(=O)OC(C)(C)C. The van der Waals surface area contributed by atoms with E-state index in [1.54, 1.807) is 0 Å². The summed E-state index contributed by atoms with van der Waals surface area (Å²) < 4.78 is 5.52. The molecule has 1 saturated heterocycles. The summed E-state index contributed by atoms with van der Waals surface area (Å²) in [6.07, 6.45) is 3.79. The van der Waals surface area contributed by atoms with Crippen molar-refractivity contribution in [2.45, 2.75) is 78.0 Å². The van der Waals surface area contributed by atoms with Crippen LogP contribution in [0.5, 0.6) is 0 Å². The van der Waals surface area contributed by atoms with E-state index in [-0.39, 0.29) is 24.0 Å². The maximum absolute atomic E-state index is 12.3. The molecule has 0 radical (unpaired) electrons. The molecule has 4 heteroatoms. The minimum absolute atomic E-state index is 0.142. The van der Waals surface area contributed by atoms with Gasteiger partial charge in [0.1, 0.15) is 11.6 Å². The van der Waals surface area contributed by atoms with E-state index < -0.39 is 5.60 Å². The number of unbranched alkanes of at least 4 members (excludes halogenated alkanes) is 2. The fraction of sp³-hybridized carbons (Fsp3) is 0.938. The van der Waals surface area contributed by atoms with E-state index in [1.807, 2.05) is 27.7 Å². The number of aliphatic hydroxyl groups excluding tert-OH is 1. The Hall–Kier alpha value is -0.610. The average molecular weight is 285 g/mol. The summed E-state index contributed by atoms with van der Waals surface area (Å²) in [6, 6.07) is -0.189. The number of hydrogen-bond acceptors (Lipinski definition) is 4. The monoisotopic (exact) mass is 285 g/mol. The second-order valence-corrected chi connectivity index (χ2v) is 6.99. The lowest BCUT2D eigenvalue weighted by atomic mass is 10.0. The molecule has 0 bridgehead atoms. The second-order valence-electron chi connectivity index (χ2n) is 6.99. The van der Waals surface area contributed by atoms with Gasteiger partial charge in [-0.25, -0.2) is 0 Å². The van der Waals surface area contributed by atoms with Crippen LogP contribution in [0.25, 0.3) is 0 Å². The number of likely N-dealkylation sites (tertiary alicyclic amines) is 1. The number of nitrogens with zero attached hydrogens (tertiary/aromatic N) is 1. The second kappa shape index (κ2) is 7.41. The maximum Gasteiger partial charge on any atom is 0.323 e. The highest BCUT2D eigenvalue weighted by atomic mass is 16.6. The predicted octanol–water partition coefficient (Wildman–Crippen LogP) is 2.59. The Bertz CT molecular complexity index is 309. The largest absolute Gasteiger partial charge is 0.459 e. The minimum Gasteiger partial charge on any atom is -0.459 e. The molecule has 0 spiro atoms. The van der Waals surface area contributed by atoms with E-state index in [9.17, 15) is 9.90 Å². The van der Waals surface area contributed by atoms with Gasteiger partial charge in [0.2, 0.25) is 0 Å². The lowest BCUT2D eigenvalue weighted by molar-refractivity contribution is -0.160. The Morgan fingerprint density at radius 3 is 2.55 bits per heavy atom. The van der Waals surface area contributed by atoms with Crippen molar-refractivity contribution in [1.29, 1.82) is 0 Å². The van der Waals surface area contributed by atoms with Gasteiger partial charge in [-0.1, -0.05) is 19.8 Å². The maximum atomic E-state index is 12.3. The van der Waals surface area contributed by atoms with Gasteiger partial charge in [0.05, 0.1) is 6.10 Å². The van der Waals surface area contributed by atoms with Gasteiger partial charge in [0, 0.05) is 6.54 Å². The summed E-state index contributed by atoms with van der Waals surface area (Å²) in [7, 11) is 0. The highest BCUT2D eigenvalue weighted by molar-refractivity contribution is 5.76. The van der Waals surface area contributed by atoms with Crippen LogP contribution in [-0.4, -0.2) is 46.8 Å². The van der Waals surface area contributed by atoms with E-state index in [2.05, 4.69) is 11.8 Å².